The molecule has 6 atom stereocenters. The van der Waals surface area contributed by atoms with Crippen molar-refractivity contribution in [2.45, 2.75) is 132 Å². The van der Waals surface area contributed by atoms with Crippen LogP contribution in [-0.4, -0.2) is 127 Å². The number of aryl methyl sites for hydroxylation is 4. The van der Waals surface area contributed by atoms with Crippen LogP contribution in [0.2, 0.25) is 0 Å². The lowest BCUT2D eigenvalue weighted by atomic mass is 9.75. The molecule has 0 bridgehead atoms. The van der Waals surface area contributed by atoms with E-state index >= 15 is 26.4 Å². The lowest BCUT2D eigenvalue weighted by Crippen LogP contribution is -2.58. The van der Waals surface area contributed by atoms with Crippen LogP contribution in [0.4, 0.5) is 0 Å². The number of likely N-dealkylation sites (N-methyl/N-ethyl adjacent to an activating group) is 1. The molecule has 2 amide bonds. The highest BCUT2D eigenvalue weighted by Crippen LogP contribution is 2.48. The number of fused-ring (bicyclic) bond motifs is 4. The summed E-state index contributed by atoms with van der Waals surface area (Å²) in [4.78, 5) is 40.8. The Hall–Kier alpha value is -5.92. The van der Waals surface area contributed by atoms with E-state index in [4.69, 9.17) is 0 Å². The Morgan fingerprint density at radius 2 is 1.06 bits per heavy atom. The fourth-order valence-corrected chi connectivity index (χ4v) is 17.3. The topological polar surface area (TPSA) is 153 Å². The lowest BCUT2D eigenvalue weighted by molar-refractivity contribution is -0.141. The first-order valence-corrected chi connectivity index (χ1v) is 32.5. The summed E-state index contributed by atoms with van der Waals surface area (Å²) in [5.41, 5.74) is 9.99. The van der Waals surface area contributed by atoms with Crippen LogP contribution in [0, 0.1) is 25.7 Å². The number of nitrogens with one attached hydrogen (secondary N) is 2. The predicted octanol–water partition coefficient (Wildman–Crippen LogP) is 7.93. The molecule has 0 saturated carbocycles. The van der Waals surface area contributed by atoms with Gasteiger partial charge in [0.25, 0.3) is 0 Å². The first-order chi connectivity index (χ1) is 39.2. The maximum atomic E-state index is 16.7. The number of rotatable bonds is 15. The monoisotopic (exact) mass is 1130 g/mol. The number of sulfonamides is 2. The summed E-state index contributed by atoms with van der Waals surface area (Å²) in [5.74, 6) is -3.92. The minimum absolute atomic E-state index is 0.00929. The van der Waals surface area contributed by atoms with Gasteiger partial charge in [-0.25, -0.2) is 16.8 Å². The Morgan fingerprint density at radius 1 is 0.531 bits per heavy atom. The standard InChI is InChI=1S/C64H79N9O6S2/c1-45-14-23-53(24-15-45)80(76,77)72-38-36-70-30-8-12-57(70)61(72)59(63(74)65-52-22-21-49-40-47(18-20-50(49)42-52)44-69-34-32-67(3)33-35-69)60(62-58-13-9-31-71(58)37-39-73(62)81(78,79)54-25-16-46(2)17-26-54)64(75)66-56-11-7-10-51-41-48(19-27-55(51)56)43-68-28-5-4-6-29-68/h8-9,12-20,23-27,30-31,40-41,52,56,59-62H,4-7,10-11,21-22,28-29,32-39,42-44H2,1-3H3,(H,65,74)(H,66,75). The fourth-order valence-electron chi connectivity index (χ4n) is 14.1. The van der Waals surface area contributed by atoms with Gasteiger partial charge >= 0.3 is 0 Å². The van der Waals surface area contributed by atoms with E-state index in [0.717, 1.165) is 93.9 Å². The maximum absolute atomic E-state index is 16.7. The second kappa shape index (κ2) is 23.4. The SMILES string of the molecule is Cc1ccc(S(=O)(=O)N2CCn3cccc3C2C(C(=O)NC2CCc3cc(CN4CCN(C)CC4)ccc3C2)C(C(=O)NC2CCCc3cc(CN4CCCCC4)ccc32)C2c3cccn3CCN2S(=O)(=O)c2ccc(C)cc2)cc1. The Balaban J connectivity index is 0.983. The van der Waals surface area contributed by atoms with Gasteiger partial charge in [-0.1, -0.05) is 78.2 Å². The molecule has 6 aliphatic rings. The Kier molecular flexibility index (Phi) is 16.1. The fraction of sp³-hybridized carbons (Fsp3) is 0.469. The smallest absolute Gasteiger partial charge is 0.243 e. The van der Waals surface area contributed by atoms with Crippen LogP contribution in [0.15, 0.2) is 131 Å². The minimum Gasteiger partial charge on any atom is -0.353 e. The number of piperazine rings is 1. The number of carbonyl (C=O) groups is 2. The van der Waals surface area contributed by atoms with Crippen molar-refractivity contribution in [2.75, 3.05) is 59.4 Å². The predicted molar refractivity (Wildman–Crippen MR) is 314 cm³/mol. The van der Waals surface area contributed by atoms with Crippen LogP contribution >= 0.6 is 0 Å². The molecule has 81 heavy (non-hydrogen) atoms. The third-order valence-corrected chi connectivity index (χ3v) is 22.3. The molecule has 6 heterocycles. The van der Waals surface area contributed by atoms with Gasteiger partial charge in [-0.05, 0) is 167 Å². The number of hydrogen-bond donors (Lipinski definition) is 2. The molecule has 2 aromatic heterocycles. The number of likely N-dealkylation sites (tertiary alicyclic amines) is 1. The normalized spacial score (nSPS) is 23.1. The molecular weight excluding hydrogens is 1050 g/mol. The summed E-state index contributed by atoms with van der Waals surface area (Å²) in [6.45, 7) is 12.5. The van der Waals surface area contributed by atoms with Gasteiger partial charge < -0.3 is 24.7 Å². The zero-order valence-corrected chi connectivity index (χ0v) is 48.9. The molecule has 6 unspecified atom stereocenters. The van der Waals surface area contributed by atoms with E-state index < -0.39 is 61.8 Å². The first-order valence-electron chi connectivity index (χ1n) is 29.6. The molecule has 4 aliphatic heterocycles. The van der Waals surface area contributed by atoms with Crippen molar-refractivity contribution in [1.82, 2.24) is 43.1 Å². The van der Waals surface area contributed by atoms with Gasteiger partial charge in [0.15, 0.2) is 0 Å². The number of benzene rings is 4. The highest BCUT2D eigenvalue weighted by atomic mass is 32.2. The van der Waals surface area contributed by atoms with E-state index in [1.807, 2.05) is 59.6 Å². The van der Waals surface area contributed by atoms with Gasteiger partial charge in [-0.15, -0.1) is 0 Å². The molecule has 428 valence electrons. The average molecular weight is 1130 g/mol. The van der Waals surface area contributed by atoms with Gasteiger partial charge in [0.05, 0.1) is 39.8 Å². The Bertz CT molecular complexity index is 3470. The van der Waals surface area contributed by atoms with E-state index in [0.29, 0.717) is 43.7 Å². The molecule has 4 aromatic carbocycles. The van der Waals surface area contributed by atoms with E-state index in [1.165, 1.54) is 50.1 Å². The average Bonchev–Trinajstić information content (AvgIpc) is 4.41. The molecular formula is C64H79N9O6S2. The van der Waals surface area contributed by atoms with Crippen LogP contribution in [0.3, 0.4) is 0 Å². The summed E-state index contributed by atoms with van der Waals surface area (Å²) in [6, 6.07) is 31.0. The summed E-state index contributed by atoms with van der Waals surface area (Å²) in [6.07, 6.45) is 11.7. The van der Waals surface area contributed by atoms with Gasteiger partial charge in [0, 0.05) is 95.3 Å². The van der Waals surface area contributed by atoms with Crippen molar-refractivity contribution in [1.29, 1.82) is 0 Å². The molecule has 0 spiro atoms. The van der Waals surface area contributed by atoms with Gasteiger partial charge in [-0.2, -0.15) is 8.61 Å². The molecule has 2 fully saturated rings. The Morgan fingerprint density at radius 3 is 1.64 bits per heavy atom. The molecule has 17 heteroatoms. The second-order valence-corrected chi connectivity index (χ2v) is 27.8. The number of amides is 2. The number of hydrogen-bond acceptors (Lipinski definition) is 9. The molecule has 12 rings (SSSR count). The van der Waals surface area contributed by atoms with Crippen molar-refractivity contribution >= 4 is 31.9 Å². The van der Waals surface area contributed by atoms with Crippen LogP contribution in [-0.2, 0) is 75.1 Å². The second-order valence-electron chi connectivity index (χ2n) is 24.0. The zero-order chi connectivity index (χ0) is 56.0. The van der Waals surface area contributed by atoms with Crippen LogP contribution in [0.25, 0.3) is 0 Å². The summed E-state index contributed by atoms with van der Waals surface area (Å²) in [5, 5.41) is 7.00. The van der Waals surface area contributed by atoms with Crippen molar-refractivity contribution in [2.24, 2.45) is 11.8 Å². The van der Waals surface area contributed by atoms with Crippen LogP contribution < -0.4 is 10.6 Å². The minimum atomic E-state index is -4.37. The molecule has 2 N–H and O–H groups in total. The molecule has 15 nitrogen and oxygen atoms in total. The van der Waals surface area contributed by atoms with Gasteiger partial charge in [0.1, 0.15) is 0 Å². The van der Waals surface area contributed by atoms with Gasteiger partial charge in [0.2, 0.25) is 31.9 Å². The largest absolute Gasteiger partial charge is 0.353 e. The van der Waals surface area contributed by atoms with Crippen molar-refractivity contribution < 1.29 is 26.4 Å². The van der Waals surface area contributed by atoms with Crippen molar-refractivity contribution in [3.05, 3.63) is 177 Å². The highest BCUT2D eigenvalue weighted by Gasteiger charge is 2.55. The molecule has 2 aliphatic carbocycles. The number of nitrogens with zero attached hydrogens (tertiary/aromatic N) is 7. The van der Waals surface area contributed by atoms with Crippen molar-refractivity contribution in [3.63, 3.8) is 0 Å². The molecule has 0 radical (unpaired) electrons. The van der Waals surface area contributed by atoms with Gasteiger partial charge in [-0.3, -0.25) is 19.4 Å². The number of aromatic nitrogens is 2. The van der Waals surface area contributed by atoms with Crippen molar-refractivity contribution in [3.8, 4) is 0 Å². The van der Waals surface area contributed by atoms with E-state index in [1.54, 1.807) is 48.5 Å². The maximum Gasteiger partial charge on any atom is 0.243 e. The zero-order valence-electron chi connectivity index (χ0n) is 47.3. The van der Waals surface area contributed by atoms with E-state index in [9.17, 15) is 0 Å². The third kappa shape index (κ3) is 11.5. The summed E-state index contributed by atoms with van der Waals surface area (Å²) >= 11 is 0. The van der Waals surface area contributed by atoms with E-state index in [2.05, 4.69) is 68.8 Å². The number of piperidine rings is 1. The highest BCUT2D eigenvalue weighted by molar-refractivity contribution is 7.89. The van der Waals surface area contributed by atoms with Crippen LogP contribution in [0.1, 0.15) is 113 Å². The molecule has 2 saturated heterocycles. The summed E-state index contributed by atoms with van der Waals surface area (Å²) < 4.78 is 69.2. The first kappa shape index (κ1) is 55.6. The summed E-state index contributed by atoms with van der Waals surface area (Å²) in [7, 11) is -6.57. The quantitative estimate of drug-likeness (QED) is 0.105. The number of carbonyl (C=O) groups excluding carboxylic acids is 2. The third-order valence-electron chi connectivity index (χ3n) is 18.5. The lowest BCUT2D eigenvalue weighted by Gasteiger charge is -2.47. The van der Waals surface area contributed by atoms with E-state index in [-0.39, 0.29) is 28.9 Å². The van der Waals surface area contributed by atoms with Crippen LogP contribution in [0.5, 0.6) is 0 Å². The Labute approximate surface area is 479 Å². The molecule has 6 aromatic rings.